The first-order valence-electron chi connectivity index (χ1n) is 12.9. The van der Waals surface area contributed by atoms with Crippen LogP contribution in [0.5, 0.6) is 5.75 Å². The molecule has 1 spiro atoms. The van der Waals surface area contributed by atoms with Crippen molar-refractivity contribution in [2.75, 3.05) is 20.1 Å². The number of rotatable bonds is 3. The van der Waals surface area contributed by atoms with E-state index in [4.69, 9.17) is 4.74 Å². The molecule has 2 aromatic carbocycles. The van der Waals surface area contributed by atoms with E-state index < -0.39 is 34.8 Å². The Morgan fingerprint density at radius 1 is 1.26 bits per heavy atom. The van der Waals surface area contributed by atoms with Gasteiger partial charge in [-0.1, -0.05) is 24.1 Å². The van der Waals surface area contributed by atoms with Crippen molar-refractivity contribution in [2.24, 2.45) is 0 Å². The van der Waals surface area contributed by atoms with E-state index in [1.807, 2.05) is 18.2 Å². The van der Waals surface area contributed by atoms with Gasteiger partial charge in [-0.05, 0) is 68.1 Å². The number of alkyl halides is 3. The Morgan fingerprint density at radius 2 is 2.03 bits per heavy atom. The SMILES string of the molecule is C=CCN1CC[C@]23c4c5cccc4O[C@H]2[C@@H](N(C)C(=O)C#Cc2ccc(C(F)(F)F)cc2)CC[C@@]3(O)[C@H]1C5. The molecule has 198 valence electrons. The number of piperidine rings is 1. The van der Waals surface area contributed by atoms with Gasteiger partial charge >= 0.3 is 6.18 Å². The fraction of sp³-hybridized carbons (Fsp3) is 0.433. The van der Waals surface area contributed by atoms with E-state index in [1.54, 1.807) is 11.9 Å². The van der Waals surface area contributed by atoms with Gasteiger partial charge in [-0.15, -0.1) is 6.58 Å². The van der Waals surface area contributed by atoms with Crippen LogP contribution in [0.2, 0.25) is 0 Å². The van der Waals surface area contributed by atoms with Gasteiger partial charge in [0.25, 0.3) is 5.91 Å². The topological polar surface area (TPSA) is 53.0 Å². The number of aliphatic hydroxyl groups is 1. The monoisotopic (exact) mass is 522 g/mol. The maximum atomic E-state index is 13.2. The van der Waals surface area contributed by atoms with Crippen LogP contribution in [0.15, 0.2) is 55.1 Å². The number of halogens is 3. The van der Waals surface area contributed by atoms with Crippen molar-refractivity contribution < 1.29 is 27.8 Å². The van der Waals surface area contributed by atoms with Crippen LogP contribution in [0, 0.1) is 11.8 Å². The maximum absolute atomic E-state index is 13.2. The van der Waals surface area contributed by atoms with Crippen LogP contribution in [-0.4, -0.2) is 64.7 Å². The lowest BCUT2D eigenvalue weighted by molar-refractivity contribution is -0.197. The second-order valence-corrected chi connectivity index (χ2v) is 10.8. The highest BCUT2D eigenvalue weighted by Crippen LogP contribution is 2.64. The third-order valence-corrected chi connectivity index (χ3v) is 9.15. The average molecular weight is 523 g/mol. The number of nitrogens with zero attached hydrogens (tertiary/aromatic N) is 2. The van der Waals surface area contributed by atoms with Crippen molar-refractivity contribution in [2.45, 2.75) is 61.1 Å². The highest BCUT2D eigenvalue weighted by Gasteiger charge is 2.72. The van der Waals surface area contributed by atoms with E-state index in [0.717, 1.165) is 36.4 Å². The third kappa shape index (κ3) is 3.45. The fourth-order valence-electron chi connectivity index (χ4n) is 7.46. The van der Waals surface area contributed by atoms with E-state index in [0.29, 0.717) is 31.4 Å². The number of hydrogen-bond donors (Lipinski definition) is 1. The summed E-state index contributed by atoms with van der Waals surface area (Å²) in [5.74, 6) is 5.65. The zero-order valence-corrected chi connectivity index (χ0v) is 21.1. The largest absolute Gasteiger partial charge is 0.487 e. The molecule has 1 saturated carbocycles. The molecule has 0 aromatic heterocycles. The molecule has 8 heteroatoms. The minimum absolute atomic E-state index is 0.0670. The molecule has 0 radical (unpaired) electrons. The van der Waals surface area contributed by atoms with Crippen molar-refractivity contribution in [1.29, 1.82) is 0 Å². The van der Waals surface area contributed by atoms with Gasteiger partial charge in [0.2, 0.25) is 0 Å². The van der Waals surface area contributed by atoms with E-state index in [1.165, 1.54) is 17.7 Å². The predicted molar refractivity (Wildman–Crippen MR) is 135 cm³/mol. The molecule has 0 unspecified atom stereocenters. The molecule has 2 heterocycles. The molecule has 1 saturated heterocycles. The van der Waals surface area contributed by atoms with Gasteiger partial charge in [0.05, 0.1) is 22.6 Å². The quantitative estimate of drug-likeness (QED) is 0.491. The smallest absolute Gasteiger partial charge is 0.416 e. The van der Waals surface area contributed by atoms with Crippen LogP contribution in [0.1, 0.15) is 41.5 Å². The number of ether oxygens (including phenoxy) is 1. The number of carbonyl (C=O) groups excluding carboxylic acids is 1. The summed E-state index contributed by atoms with van der Waals surface area (Å²) in [6.07, 6.45) is -0.455. The van der Waals surface area contributed by atoms with Crippen LogP contribution in [0.3, 0.4) is 0 Å². The van der Waals surface area contributed by atoms with Crippen molar-refractivity contribution in [3.63, 3.8) is 0 Å². The summed E-state index contributed by atoms with van der Waals surface area (Å²) in [7, 11) is 1.69. The summed E-state index contributed by atoms with van der Waals surface area (Å²) >= 11 is 0. The summed E-state index contributed by atoms with van der Waals surface area (Å²) in [5.41, 5.74) is 0.217. The van der Waals surface area contributed by atoms with Crippen LogP contribution in [0.4, 0.5) is 13.2 Å². The van der Waals surface area contributed by atoms with E-state index in [2.05, 4.69) is 29.4 Å². The van der Waals surface area contributed by atoms with Crippen LogP contribution in [0.25, 0.3) is 0 Å². The second kappa shape index (κ2) is 8.62. The lowest BCUT2D eigenvalue weighted by atomic mass is 9.48. The molecule has 6 rings (SSSR count). The van der Waals surface area contributed by atoms with Crippen LogP contribution in [-0.2, 0) is 22.8 Å². The highest BCUT2D eigenvalue weighted by molar-refractivity contribution is 5.94. The molecular formula is C30H29F3N2O3. The molecule has 5 atom stereocenters. The van der Waals surface area contributed by atoms with E-state index >= 15 is 0 Å². The Hall–Kier alpha value is -3.28. The van der Waals surface area contributed by atoms with Gasteiger partial charge in [0.1, 0.15) is 11.9 Å². The number of likely N-dealkylation sites (N-methyl/N-ethyl adjacent to an activating group) is 1. The first-order chi connectivity index (χ1) is 18.1. The van der Waals surface area contributed by atoms with Gasteiger partial charge < -0.3 is 14.7 Å². The summed E-state index contributed by atoms with van der Waals surface area (Å²) in [6.45, 7) is 5.40. The molecule has 5 nitrogen and oxygen atoms in total. The summed E-state index contributed by atoms with van der Waals surface area (Å²) < 4.78 is 45.1. The van der Waals surface area contributed by atoms with Gasteiger partial charge in [0, 0.05) is 36.7 Å². The minimum atomic E-state index is -4.43. The Kier molecular flexibility index (Phi) is 5.68. The number of carbonyl (C=O) groups is 1. The van der Waals surface area contributed by atoms with Gasteiger partial charge in [-0.25, -0.2) is 0 Å². The zero-order chi connectivity index (χ0) is 26.9. The molecule has 38 heavy (non-hydrogen) atoms. The zero-order valence-electron chi connectivity index (χ0n) is 21.1. The molecular weight excluding hydrogens is 493 g/mol. The summed E-state index contributed by atoms with van der Waals surface area (Å²) in [4.78, 5) is 17.1. The second-order valence-electron chi connectivity index (χ2n) is 10.8. The first kappa shape index (κ1) is 25.0. The molecule has 2 aromatic rings. The summed E-state index contributed by atoms with van der Waals surface area (Å²) in [6, 6.07) is 10.1. The maximum Gasteiger partial charge on any atom is 0.416 e. The molecule has 2 aliphatic carbocycles. The number of benzene rings is 2. The van der Waals surface area contributed by atoms with Crippen molar-refractivity contribution in [1.82, 2.24) is 9.80 Å². The molecule has 4 aliphatic rings. The van der Waals surface area contributed by atoms with E-state index in [-0.39, 0.29) is 12.1 Å². The Labute approximate surface area is 219 Å². The Bertz CT molecular complexity index is 1360. The Morgan fingerprint density at radius 3 is 2.74 bits per heavy atom. The van der Waals surface area contributed by atoms with Crippen molar-refractivity contribution in [3.05, 3.63) is 77.4 Å². The number of amides is 1. The van der Waals surface area contributed by atoms with Crippen LogP contribution < -0.4 is 4.74 Å². The molecule has 2 aliphatic heterocycles. The lowest BCUT2D eigenvalue weighted by Gasteiger charge is -2.64. The molecule has 2 fully saturated rings. The third-order valence-electron chi connectivity index (χ3n) is 9.15. The fourth-order valence-corrected chi connectivity index (χ4v) is 7.46. The molecule has 1 amide bonds. The average Bonchev–Trinajstić information content (AvgIpc) is 3.23. The van der Waals surface area contributed by atoms with E-state index in [9.17, 15) is 23.1 Å². The molecule has 1 N–H and O–H groups in total. The summed E-state index contributed by atoms with van der Waals surface area (Å²) in [5, 5.41) is 12.4. The van der Waals surface area contributed by atoms with Crippen molar-refractivity contribution >= 4 is 5.91 Å². The minimum Gasteiger partial charge on any atom is -0.487 e. The number of hydrogen-bond acceptors (Lipinski definition) is 4. The predicted octanol–water partition coefficient (Wildman–Crippen LogP) is 3.92. The standard InChI is InChI=1S/C30H29F3N2O3/c1-3-16-35-17-15-28-26-20-5-4-6-23(26)38-27(28)22(13-14-29(28,37)24(35)18-20)34(2)25(36)12-9-19-7-10-21(11-8-19)30(31,32)33/h3-8,10-11,22,24,27,37H,1,13-18H2,2H3/t22-,24+,27-,28-,29+/m0/s1. The Balaban J connectivity index is 1.31. The molecule has 2 bridgehead atoms. The highest BCUT2D eigenvalue weighted by atomic mass is 19.4. The van der Waals surface area contributed by atoms with Gasteiger partial charge in [-0.3, -0.25) is 9.69 Å². The van der Waals surface area contributed by atoms with Crippen LogP contribution >= 0.6 is 0 Å². The van der Waals surface area contributed by atoms with Gasteiger partial charge in [0.15, 0.2) is 0 Å². The number of likely N-dealkylation sites (tertiary alicyclic amines) is 1. The lowest BCUT2D eigenvalue weighted by Crippen LogP contribution is -2.78. The normalized spacial score (nSPS) is 30.9. The van der Waals surface area contributed by atoms with Gasteiger partial charge in [-0.2, -0.15) is 13.2 Å². The van der Waals surface area contributed by atoms with Crippen molar-refractivity contribution in [3.8, 4) is 17.6 Å². The first-order valence-corrected chi connectivity index (χ1v) is 12.9.